The molecule has 3 rings (SSSR count). The lowest BCUT2D eigenvalue weighted by atomic mass is 9.98. The number of hydrogen-bond acceptors (Lipinski definition) is 13. The molecule has 0 bridgehead atoms. The van der Waals surface area contributed by atoms with Crippen LogP contribution in [0.3, 0.4) is 0 Å². The van der Waals surface area contributed by atoms with Crippen molar-refractivity contribution in [3.8, 4) is 11.5 Å². The minimum atomic E-state index is -1.54. The van der Waals surface area contributed by atoms with Crippen LogP contribution in [-0.2, 0) is 42.9 Å². The number of phenolic OH excluding ortho intramolecular Hbond substituents is 1. The Kier molecular flexibility index (Phi) is 11.0. The smallest absolute Gasteiger partial charge is 0.303 e. The topological polar surface area (TPSA) is 178 Å². The first kappa shape index (κ1) is 32.7. The van der Waals surface area contributed by atoms with E-state index < -0.39 is 84.9 Å². The van der Waals surface area contributed by atoms with Crippen LogP contribution in [0.4, 0.5) is 0 Å². The average molecular weight is 601 g/mol. The standard InChI is InChI=1S/C30H32O13/c1-15-7-6-8-20(11-15)23(35)13-25(37)22-10-9-21(12-24(22)36)42-30-29(41-19(5)34)28(40-18(4)33)27(39-17(3)32)26(43-30)14-38-16(2)31/h6-12,26-30,36H,13-14H2,1-5H3/t26-,27-,28+,29-,30-/m1/s1. The van der Waals surface area contributed by atoms with Crippen molar-refractivity contribution in [1.29, 1.82) is 0 Å². The number of esters is 4. The first-order chi connectivity index (χ1) is 20.2. The van der Waals surface area contributed by atoms with Crippen LogP contribution in [0.1, 0.15) is 60.4 Å². The van der Waals surface area contributed by atoms with Crippen LogP contribution in [0.5, 0.6) is 11.5 Å². The first-order valence-corrected chi connectivity index (χ1v) is 13.2. The molecule has 5 atom stereocenters. The molecule has 0 radical (unpaired) electrons. The van der Waals surface area contributed by atoms with Gasteiger partial charge in [-0.15, -0.1) is 0 Å². The summed E-state index contributed by atoms with van der Waals surface area (Å²) in [6.07, 6.45) is -7.58. The molecule has 1 N–H and O–H groups in total. The normalized spacial score (nSPS) is 21.2. The molecule has 2 aromatic rings. The number of benzene rings is 2. The fraction of sp³-hybridized carbons (Fsp3) is 0.400. The van der Waals surface area contributed by atoms with Crippen molar-refractivity contribution in [1.82, 2.24) is 0 Å². The largest absolute Gasteiger partial charge is 0.507 e. The number of ketones is 2. The second-order valence-corrected chi connectivity index (χ2v) is 9.76. The summed E-state index contributed by atoms with van der Waals surface area (Å²) in [5.41, 5.74) is 1.07. The zero-order chi connectivity index (χ0) is 31.8. The van der Waals surface area contributed by atoms with E-state index in [2.05, 4.69) is 0 Å². The van der Waals surface area contributed by atoms with Crippen molar-refractivity contribution >= 4 is 35.4 Å². The van der Waals surface area contributed by atoms with E-state index in [0.29, 0.717) is 5.56 Å². The number of hydrogen-bond donors (Lipinski definition) is 1. The maximum atomic E-state index is 12.8. The molecule has 0 aromatic heterocycles. The van der Waals surface area contributed by atoms with Gasteiger partial charge in [0, 0.05) is 39.3 Å². The molecule has 1 heterocycles. The Hall–Kier alpha value is -4.78. The van der Waals surface area contributed by atoms with E-state index in [4.69, 9.17) is 28.4 Å². The molecule has 43 heavy (non-hydrogen) atoms. The number of aromatic hydroxyl groups is 1. The van der Waals surface area contributed by atoms with Gasteiger partial charge in [0.25, 0.3) is 0 Å². The van der Waals surface area contributed by atoms with Gasteiger partial charge in [-0.05, 0) is 25.1 Å². The lowest BCUT2D eigenvalue weighted by Crippen LogP contribution is -2.63. The van der Waals surface area contributed by atoms with Crippen LogP contribution in [-0.4, -0.2) is 77.9 Å². The van der Waals surface area contributed by atoms with E-state index in [1.54, 1.807) is 18.2 Å². The maximum absolute atomic E-state index is 12.8. The Balaban J connectivity index is 1.89. The summed E-state index contributed by atoms with van der Waals surface area (Å²) in [5.74, 6) is -4.74. The third-order valence-electron chi connectivity index (χ3n) is 6.13. The highest BCUT2D eigenvalue weighted by Crippen LogP contribution is 2.33. The van der Waals surface area contributed by atoms with Gasteiger partial charge in [-0.1, -0.05) is 23.8 Å². The van der Waals surface area contributed by atoms with Gasteiger partial charge in [0.15, 0.2) is 23.8 Å². The highest BCUT2D eigenvalue weighted by Gasteiger charge is 2.53. The number of carbonyl (C=O) groups excluding carboxylic acids is 6. The molecule has 230 valence electrons. The molecule has 0 saturated carbocycles. The van der Waals surface area contributed by atoms with Gasteiger partial charge >= 0.3 is 23.9 Å². The maximum Gasteiger partial charge on any atom is 0.303 e. The van der Waals surface area contributed by atoms with Gasteiger partial charge in [0.2, 0.25) is 12.4 Å². The number of rotatable bonds is 11. The Morgan fingerprint density at radius 2 is 1.40 bits per heavy atom. The molecule has 0 spiro atoms. The van der Waals surface area contributed by atoms with E-state index in [9.17, 15) is 33.9 Å². The number of Topliss-reactive ketones (excluding diaryl/α,β-unsaturated/α-hetero) is 2. The molecule has 1 aliphatic rings. The van der Waals surface area contributed by atoms with Gasteiger partial charge in [-0.2, -0.15) is 0 Å². The van der Waals surface area contributed by atoms with E-state index >= 15 is 0 Å². The highest BCUT2D eigenvalue weighted by molar-refractivity contribution is 6.14. The summed E-state index contributed by atoms with van der Waals surface area (Å²) in [5, 5.41) is 10.6. The fourth-order valence-electron chi connectivity index (χ4n) is 4.40. The fourth-order valence-corrected chi connectivity index (χ4v) is 4.40. The van der Waals surface area contributed by atoms with Crippen molar-refractivity contribution in [2.75, 3.05) is 6.61 Å². The van der Waals surface area contributed by atoms with Gasteiger partial charge < -0.3 is 33.5 Å². The molecule has 0 aliphatic carbocycles. The number of ether oxygens (including phenoxy) is 6. The third-order valence-corrected chi connectivity index (χ3v) is 6.13. The van der Waals surface area contributed by atoms with E-state index in [1.807, 2.05) is 13.0 Å². The SMILES string of the molecule is CC(=O)OC[C@H]1O[C@@H](Oc2ccc(C(=O)CC(=O)c3cccc(C)c3)c(O)c2)[C@H](OC(C)=O)[C@@H](OC(C)=O)[C@@H]1OC(C)=O. The monoisotopic (exact) mass is 600 g/mol. The molecule has 1 fully saturated rings. The summed E-state index contributed by atoms with van der Waals surface area (Å²) in [6.45, 7) is 5.76. The Bertz CT molecular complexity index is 1400. The molecular formula is C30H32O13. The highest BCUT2D eigenvalue weighted by atomic mass is 16.7. The summed E-state index contributed by atoms with van der Waals surface area (Å²) >= 11 is 0. The zero-order valence-corrected chi connectivity index (χ0v) is 24.2. The minimum Gasteiger partial charge on any atom is -0.507 e. The predicted molar refractivity (Wildman–Crippen MR) is 145 cm³/mol. The molecule has 13 heteroatoms. The van der Waals surface area contributed by atoms with Crippen molar-refractivity contribution in [3.05, 3.63) is 59.2 Å². The van der Waals surface area contributed by atoms with Crippen molar-refractivity contribution in [2.24, 2.45) is 0 Å². The molecule has 0 unspecified atom stereocenters. The third kappa shape index (κ3) is 9.10. The van der Waals surface area contributed by atoms with Crippen LogP contribution < -0.4 is 4.74 Å². The Labute approximate surface area is 246 Å². The van der Waals surface area contributed by atoms with Crippen LogP contribution >= 0.6 is 0 Å². The molecule has 1 aliphatic heterocycles. The molecular weight excluding hydrogens is 568 g/mol. The lowest BCUT2D eigenvalue weighted by Gasteiger charge is -2.43. The molecule has 2 aromatic carbocycles. The Morgan fingerprint density at radius 3 is 1.98 bits per heavy atom. The van der Waals surface area contributed by atoms with Crippen molar-refractivity contribution < 1.29 is 62.3 Å². The average Bonchev–Trinajstić information content (AvgIpc) is 2.90. The van der Waals surface area contributed by atoms with Gasteiger partial charge in [0.1, 0.15) is 24.2 Å². The van der Waals surface area contributed by atoms with Gasteiger partial charge in [-0.25, -0.2) is 0 Å². The summed E-state index contributed by atoms with van der Waals surface area (Å²) in [4.78, 5) is 72.7. The molecule has 0 amide bonds. The number of aryl methyl sites for hydroxylation is 1. The lowest BCUT2D eigenvalue weighted by molar-refractivity contribution is -0.288. The summed E-state index contributed by atoms with van der Waals surface area (Å²) in [6, 6.07) is 10.4. The predicted octanol–water partition coefficient (Wildman–Crippen LogP) is 2.62. The van der Waals surface area contributed by atoms with E-state index in [-0.39, 0.29) is 11.3 Å². The van der Waals surface area contributed by atoms with Crippen molar-refractivity contribution in [2.45, 2.75) is 71.7 Å². The van der Waals surface area contributed by atoms with Gasteiger partial charge in [-0.3, -0.25) is 28.8 Å². The second kappa shape index (κ2) is 14.4. The quantitative estimate of drug-likeness (QED) is 0.172. The molecule has 1 saturated heterocycles. The minimum absolute atomic E-state index is 0.0695. The first-order valence-electron chi connectivity index (χ1n) is 13.2. The number of phenols is 1. The van der Waals surface area contributed by atoms with Crippen LogP contribution in [0.25, 0.3) is 0 Å². The van der Waals surface area contributed by atoms with E-state index in [1.165, 1.54) is 12.1 Å². The Morgan fingerprint density at radius 1 is 0.767 bits per heavy atom. The summed E-state index contributed by atoms with van der Waals surface area (Å²) in [7, 11) is 0. The van der Waals surface area contributed by atoms with E-state index in [0.717, 1.165) is 39.3 Å². The van der Waals surface area contributed by atoms with Crippen LogP contribution in [0.15, 0.2) is 42.5 Å². The summed E-state index contributed by atoms with van der Waals surface area (Å²) < 4.78 is 32.7. The van der Waals surface area contributed by atoms with Crippen LogP contribution in [0.2, 0.25) is 0 Å². The van der Waals surface area contributed by atoms with Crippen molar-refractivity contribution in [3.63, 3.8) is 0 Å². The molecule has 13 nitrogen and oxygen atoms in total. The van der Waals surface area contributed by atoms with Gasteiger partial charge in [0.05, 0.1) is 12.0 Å². The van der Waals surface area contributed by atoms with Crippen LogP contribution in [0, 0.1) is 6.92 Å². The second-order valence-electron chi connectivity index (χ2n) is 9.76. The number of carbonyl (C=O) groups is 6. The zero-order valence-electron chi connectivity index (χ0n) is 24.2.